The molecule has 0 saturated carbocycles. The fourth-order valence-electron chi connectivity index (χ4n) is 1.45. The summed E-state index contributed by atoms with van der Waals surface area (Å²) < 4.78 is 15.5. The van der Waals surface area contributed by atoms with Gasteiger partial charge in [0.2, 0.25) is 0 Å². The molecule has 1 aliphatic rings. The second-order valence-corrected chi connectivity index (χ2v) is 4.07. The van der Waals surface area contributed by atoms with Gasteiger partial charge in [0.1, 0.15) is 6.61 Å². The summed E-state index contributed by atoms with van der Waals surface area (Å²) in [6.45, 7) is 6.78. The normalized spacial score (nSPS) is 21.1. The highest BCUT2D eigenvalue weighted by atomic mass is 16.6. The van der Waals surface area contributed by atoms with Crippen LogP contribution in [0.3, 0.4) is 0 Å². The number of esters is 1. The molecule has 16 heavy (non-hydrogen) atoms. The molecule has 0 aromatic rings. The molecule has 0 spiro atoms. The Bertz CT molecular complexity index is 202. The summed E-state index contributed by atoms with van der Waals surface area (Å²) in [5.74, 6) is -0.199. The second kappa shape index (κ2) is 7.60. The Balaban J connectivity index is 2.01. The third-order valence-electron chi connectivity index (χ3n) is 2.21. The van der Waals surface area contributed by atoms with Gasteiger partial charge in [-0.1, -0.05) is 0 Å². The Labute approximate surface area is 96.4 Å². The average Bonchev–Trinajstić information content (AvgIpc) is 2.25. The molecule has 1 heterocycles. The molecule has 1 fully saturated rings. The van der Waals surface area contributed by atoms with Crippen molar-refractivity contribution >= 4 is 5.97 Å². The third-order valence-corrected chi connectivity index (χ3v) is 2.21. The van der Waals surface area contributed by atoms with E-state index in [-0.39, 0.29) is 18.1 Å². The second-order valence-electron chi connectivity index (χ2n) is 4.07. The van der Waals surface area contributed by atoms with E-state index in [9.17, 15) is 4.79 Å². The molecule has 5 heteroatoms. The summed E-state index contributed by atoms with van der Waals surface area (Å²) in [4.78, 5) is 11.4. The molecular formula is C11H21NO4. The van der Waals surface area contributed by atoms with Crippen molar-refractivity contribution in [3.8, 4) is 0 Å². The van der Waals surface area contributed by atoms with Crippen molar-refractivity contribution in [3.63, 3.8) is 0 Å². The van der Waals surface area contributed by atoms with Crippen LogP contribution in [0.15, 0.2) is 0 Å². The average molecular weight is 231 g/mol. The lowest BCUT2D eigenvalue weighted by Gasteiger charge is -2.22. The van der Waals surface area contributed by atoms with Crippen molar-refractivity contribution in [3.05, 3.63) is 0 Å². The van der Waals surface area contributed by atoms with Gasteiger partial charge < -0.3 is 19.5 Å². The highest BCUT2D eigenvalue weighted by Gasteiger charge is 2.17. The summed E-state index contributed by atoms with van der Waals surface area (Å²) >= 11 is 0. The van der Waals surface area contributed by atoms with Crippen molar-refractivity contribution in [2.45, 2.75) is 32.4 Å². The molecule has 1 rings (SSSR count). The van der Waals surface area contributed by atoms with E-state index in [1.807, 2.05) is 13.8 Å². The lowest BCUT2D eigenvalue weighted by Crippen LogP contribution is -2.42. The SMILES string of the molecule is CC(C)OCCOC(=O)CC1COCCN1. The van der Waals surface area contributed by atoms with Gasteiger partial charge in [-0.05, 0) is 13.8 Å². The number of nitrogens with one attached hydrogen (secondary N) is 1. The molecule has 0 aromatic heterocycles. The van der Waals surface area contributed by atoms with Crippen molar-refractivity contribution in [2.24, 2.45) is 0 Å². The van der Waals surface area contributed by atoms with E-state index in [2.05, 4.69) is 5.32 Å². The van der Waals surface area contributed by atoms with Crippen molar-refractivity contribution < 1.29 is 19.0 Å². The molecule has 1 atom stereocenters. The third kappa shape index (κ3) is 6.05. The Morgan fingerprint density at radius 3 is 2.94 bits per heavy atom. The lowest BCUT2D eigenvalue weighted by molar-refractivity contribution is -0.147. The molecule has 0 amide bonds. The highest BCUT2D eigenvalue weighted by molar-refractivity contribution is 5.70. The van der Waals surface area contributed by atoms with Crippen LogP contribution >= 0.6 is 0 Å². The first-order chi connectivity index (χ1) is 7.68. The fourth-order valence-corrected chi connectivity index (χ4v) is 1.45. The maximum Gasteiger partial charge on any atom is 0.307 e. The van der Waals surface area contributed by atoms with Gasteiger partial charge in [0.25, 0.3) is 0 Å². The van der Waals surface area contributed by atoms with E-state index in [0.29, 0.717) is 32.8 Å². The number of ether oxygens (including phenoxy) is 3. The zero-order valence-electron chi connectivity index (χ0n) is 10.0. The summed E-state index contributed by atoms with van der Waals surface area (Å²) in [5, 5.41) is 3.20. The maximum atomic E-state index is 11.4. The van der Waals surface area contributed by atoms with Crippen LogP contribution in [0.5, 0.6) is 0 Å². The van der Waals surface area contributed by atoms with Gasteiger partial charge in [0.05, 0.1) is 32.3 Å². The van der Waals surface area contributed by atoms with E-state index in [1.165, 1.54) is 0 Å². The zero-order valence-corrected chi connectivity index (χ0v) is 10.0. The van der Waals surface area contributed by atoms with Gasteiger partial charge in [-0.15, -0.1) is 0 Å². The van der Waals surface area contributed by atoms with Crippen molar-refractivity contribution in [1.82, 2.24) is 5.32 Å². The van der Waals surface area contributed by atoms with Crippen molar-refractivity contribution in [2.75, 3.05) is 33.0 Å². The lowest BCUT2D eigenvalue weighted by atomic mass is 10.2. The first-order valence-electron chi connectivity index (χ1n) is 5.77. The van der Waals surface area contributed by atoms with Gasteiger partial charge in [-0.3, -0.25) is 4.79 Å². The Kier molecular flexibility index (Phi) is 6.37. The Morgan fingerprint density at radius 1 is 1.50 bits per heavy atom. The largest absolute Gasteiger partial charge is 0.463 e. The summed E-state index contributed by atoms with van der Waals surface area (Å²) in [7, 11) is 0. The van der Waals surface area contributed by atoms with Crippen molar-refractivity contribution in [1.29, 1.82) is 0 Å². The number of rotatable bonds is 6. The molecule has 1 aliphatic heterocycles. The quantitative estimate of drug-likeness (QED) is 0.527. The highest BCUT2D eigenvalue weighted by Crippen LogP contribution is 2.00. The van der Waals surface area contributed by atoms with Crippen LogP contribution in [0.1, 0.15) is 20.3 Å². The number of hydrogen-bond acceptors (Lipinski definition) is 5. The minimum absolute atomic E-state index is 0.0901. The van der Waals surface area contributed by atoms with Gasteiger partial charge in [-0.2, -0.15) is 0 Å². The number of carbonyl (C=O) groups is 1. The van der Waals surface area contributed by atoms with E-state index in [1.54, 1.807) is 0 Å². The zero-order chi connectivity index (χ0) is 11.8. The molecular weight excluding hydrogens is 210 g/mol. The minimum Gasteiger partial charge on any atom is -0.463 e. The summed E-state index contributed by atoms with van der Waals surface area (Å²) in [6, 6.07) is 0.0901. The number of hydrogen-bond donors (Lipinski definition) is 1. The predicted octanol–water partition coefficient (Wildman–Crippen LogP) is 0.333. The summed E-state index contributed by atoms with van der Waals surface area (Å²) in [6.07, 6.45) is 0.536. The van der Waals surface area contributed by atoms with Crippen LogP contribution < -0.4 is 5.32 Å². The first kappa shape index (κ1) is 13.4. The topological polar surface area (TPSA) is 56.8 Å². The molecule has 1 N–H and O–H groups in total. The molecule has 0 aliphatic carbocycles. The van der Waals surface area contributed by atoms with Gasteiger partial charge in [-0.25, -0.2) is 0 Å². The summed E-state index contributed by atoms with van der Waals surface area (Å²) in [5.41, 5.74) is 0. The van der Waals surface area contributed by atoms with Crippen LogP contribution in [0.25, 0.3) is 0 Å². The fraction of sp³-hybridized carbons (Fsp3) is 0.909. The van der Waals surface area contributed by atoms with Gasteiger partial charge >= 0.3 is 5.97 Å². The van der Waals surface area contributed by atoms with E-state index in [0.717, 1.165) is 6.54 Å². The predicted molar refractivity (Wildman–Crippen MR) is 59.3 cm³/mol. The van der Waals surface area contributed by atoms with Crippen LogP contribution in [-0.4, -0.2) is 51.1 Å². The monoisotopic (exact) mass is 231 g/mol. The van der Waals surface area contributed by atoms with Gasteiger partial charge in [0, 0.05) is 12.6 Å². The molecule has 1 unspecified atom stereocenters. The maximum absolute atomic E-state index is 11.4. The van der Waals surface area contributed by atoms with E-state index < -0.39 is 0 Å². The van der Waals surface area contributed by atoms with E-state index >= 15 is 0 Å². The van der Waals surface area contributed by atoms with Crippen LogP contribution in [-0.2, 0) is 19.0 Å². The smallest absolute Gasteiger partial charge is 0.307 e. The molecule has 0 aromatic carbocycles. The van der Waals surface area contributed by atoms with Crippen LogP contribution in [0.2, 0.25) is 0 Å². The Morgan fingerprint density at radius 2 is 2.31 bits per heavy atom. The van der Waals surface area contributed by atoms with Crippen LogP contribution in [0.4, 0.5) is 0 Å². The Hall–Kier alpha value is -0.650. The molecule has 1 saturated heterocycles. The molecule has 5 nitrogen and oxygen atoms in total. The van der Waals surface area contributed by atoms with Crippen LogP contribution in [0, 0.1) is 0 Å². The van der Waals surface area contributed by atoms with Gasteiger partial charge in [0.15, 0.2) is 0 Å². The first-order valence-corrected chi connectivity index (χ1v) is 5.77. The molecule has 94 valence electrons. The number of carbonyl (C=O) groups excluding carboxylic acids is 1. The molecule has 0 radical (unpaired) electrons. The van der Waals surface area contributed by atoms with E-state index in [4.69, 9.17) is 14.2 Å². The minimum atomic E-state index is -0.199. The standard InChI is InChI=1S/C11H21NO4/c1-9(2)15-5-6-16-11(13)7-10-8-14-4-3-12-10/h9-10,12H,3-8H2,1-2H3. The number of morpholine rings is 1. The molecule has 0 bridgehead atoms.